The van der Waals surface area contributed by atoms with E-state index in [0.717, 1.165) is 38.0 Å². The van der Waals surface area contributed by atoms with Crippen LogP contribution in [0.3, 0.4) is 0 Å². The molecule has 5 heteroatoms. The molecule has 21 heavy (non-hydrogen) atoms. The Bertz CT molecular complexity index is 548. The second-order valence-corrected chi connectivity index (χ2v) is 6.85. The molecule has 2 aliphatic heterocycles. The topological polar surface area (TPSA) is 49.4 Å². The molecular formula is C16H20N2O2S. The fourth-order valence-electron chi connectivity index (χ4n) is 3.21. The van der Waals surface area contributed by atoms with Crippen LogP contribution in [-0.4, -0.2) is 42.6 Å². The Kier molecular flexibility index (Phi) is 3.93. The summed E-state index contributed by atoms with van der Waals surface area (Å²) < 4.78 is 0. The van der Waals surface area contributed by atoms with Gasteiger partial charge in [-0.3, -0.25) is 9.59 Å². The van der Waals surface area contributed by atoms with Gasteiger partial charge in [0.05, 0.1) is 0 Å². The molecular weight excluding hydrogens is 284 g/mol. The summed E-state index contributed by atoms with van der Waals surface area (Å²) in [6.45, 7) is 2.27. The summed E-state index contributed by atoms with van der Waals surface area (Å²) in [5.74, 6) is 0.261. The van der Waals surface area contributed by atoms with E-state index in [1.54, 1.807) is 11.8 Å². The molecule has 0 unspecified atom stereocenters. The van der Waals surface area contributed by atoms with Crippen LogP contribution in [-0.2, 0) is 4.79 Å². The van der Waals surface area contributed by atoms with Gasteiger partial charge in [0.2, 0.25) is 5.91 Å². The molecule has 2 heterocycles. The van der Waals surface area contributed by atoms with Crippen molar-refractivity contribution < 1.29 is 9.59 Å². The van der Waals surface area contributed by atoms with Crippen molar-refractivity contribution in [2.24, 2.45) is 5.41 Å². The second kappa shape index (κ2) is 5.72. The van der Waals surface area contributed by atoms with E-state index in [2.05, 4.69) is 5.32 Å². The number of rotatable bonds is 2. The SMILES string of the molecule is CSc1ccc(C(=O)N2CCC3(CC2)CNC(=O)C3)cc1. The lowest BCUT2D eigenvalue weighted by molar-refractivity contribution is -0.119. The zero-order valence-corrected chi connectivity index (χ0v) is 13.0. The number of carbonyl (C=O) groups is 2. The van der Waals surface area contributed by atoms with Crippen LogP contribution in [0.15, 0.2) is 29.2 Å². The second-order valence-electron chi connectivity index (χ2n) is 5.97. The number of hydrogen-bond acceptors (Lipinski definition) is 3. The minimum Gasteiger partial charge on any atom is -0.356 e. The lowest BCUT2D eigenvalue weighted by Crippen LogP contribution is -2.44. The van der Waals surface area contributed by atoms with E-state index in [9.17, 15) is 9.59 Å². The summed E-state index contributed by atoms with van der Waals surface area (Å²) in [4.78, 5) is 27.0. The molecule has 3 rings (SSSR count). The molecule has 1 N–H and O–H groups in total. The van der Waals surface area contributed by atoms with E-state index in [4.69, 9.17) is 0 Å². The summed E-state index contributed by atoms with van der Waals surface area (Å²) in [7, 11) is 0. The predicted octanol–water partition coefficient (Wildman–Crippen LogP) is 2.15. The number of nitrogens with zero attached hydrogens (tertiary/aromatic N) is 1. The molecule has 112 valence electrons. The van der Waals surface area contributed by atoms with Crippen LogP contribution in [0.25, 0.3) is 0 Å². The van der Waals surface area contributed by atoms with Gasteiger partial charge in [-0.1, -0.05) is 0 Å². The lowest BCUT2D eigenvalue weighted by atomic mass is 9.77. The maximum atomic E-state index is 12.5. The normalized spacial score (nSPS) is 20.6. The quantitative estimate of drug-likeness (QED) is 0.852. The van der Waals surface area contributed by atoms with Crippen molar-refractivity contribution in [2.75, 3.05) is 25.9 Å². The number of carbonyl (C=O) groups excluding carboxylic acids is 2. The number of amides is 2. The highest BCUT2D eigenvalue weighted by molar-refractivity contribution is 7.98. The van der Waals surface area contributed by atoms with E-state index >= 15 is 0 Å². The fraction of sp³-hybridized carbons (Fsp3) is 0.500. The van der Waals surface area contributed by atoms with E-state index in [1.165, 1.54) is 4.90 Å². The summed E-state index contributed by atoms with van der Waals surface area (Å²) in [6, 6.07) is 7.78. The van der Waals surface area contributed by atoms with E-state index in [-0.39, 0.29) is 17.2 Å². The molecule has 4 nitrogen and oxygen atoms in total. The van der Waals surface area contributed by atoms with Crippen molar-refractivity contribution in [2.45, 2.75) is 24.2 Å². The third kappa shape index (κ3) is 2.93. The van der Waals surface area contributed by atoms with Crippen LogP contribution in [0.4, 0.5) is 0 Å². The molecule has 1 aromatic rings. The van der Waals surface area contributed by atoms with Crippen LogP contribution >= 0.6 is 11.8 Å². The molecule has 0 aromatic heterocycles. The van der Waals surface area contributed by atoms with Gasteiger partial charge in [-0.2, -0.15) is 0 Å². The van der Waals surface area contributed by atoms with Crippen molar-refractivity contribution in [1.82, 2.24) is 10.2 Å². The Morgan fingerprint density at radius 2 is 1.90 bits per heavy atom. The number of benzene rings is 1. The Morgan fingerprint density at radius 3 is 2.43 bits per heavy atom. The van der Waals surface area contributed by atoms with Gasteiger partial charge >= 0.3 is 0 Å². The van der Waals surface area contributed by atoms with Crippen LogP contribution in [0, 0.1) is 5.41 Å². The Labute approximate surface area is 129 Å². The molecule has 2 amide bonds. The number of piperidine rings is 1. The van der Waals surface area contributed by atoms with Gasteiger partial charge in [0, 0.05) is 36.5 Å². The number of likely N-dealkylation sites (tertiary alicyclic amines) is 1. The molecule has 0 saturated carbocycles. The zero-order chi connectivity index (χ0) is 14.9. The highest BCUT2D eigenvalue weighted by atomic mass is 32.2. The van der Waals surface area contributed by atoms with Gasteiger partial charge in [-0.05, 0) is 48.8 Å². The van der Waals surface area contributed by atoms with Crippen LogP contribution in [0.5, 0.6) is 0 Å². The predicted molar refractivity (Wildman–Crippen MR) is 83.4 cm³/mol. The van der Waals surface area contributed by atoms with Gasteiger partial charge in [0.1, 0.15) is 0 Å². The lowest BCUT2D eigenvalue weighted by Gasteiger charge is -2.38. The van der Waals surface area contributed by atoms with E-state index in [0.29, 0.717) is 6.42 Å². The highest BCUT2D eigenvalue weighted by Gasteiger charge is 2.41. The fourth-order valence-corrected chi connectivity index (χ4v) is 3.61. The van der Waals surface area contributed by atoms with E-state index < -0.39 is 0 Å². The maximum absolute atomic E-state index is 12.5. The number of nitrogens with one attached hydrogen (secondary N) is 1. The van der Waals surface area contributed by atoms with Crippen molar-refractivity contribution in [1.29, 1.82) is 0 Å². The Balaban J connectivity index is 1.63. The summed E-state index contributed by atoms with van der Waals surface area (Å²) in [5, 5.41) is 2.92. The van der Waals surface area contributed by atoms with Crippen molar-refractivity contribution >= 4 is 23.6 Å². The molecule has 0 radical (unpaired) electrons. The molecule has 0 atom stereocenters. The Morgan fingerprint density at radius 1 is 1.24 bits per heavy atom. The molecule has 2 aliphatic rings. The molecule has 0 bridgehead atoms. The third-order valence-corrected chi connectivity index (χ3v) is 5.39. The van der Waals surface area contributed by atoms with Crippen LogP contribution in [0.2, 0.25) is 0 Å². The van der Waals surface area contributed by atoms with Crippen LogP contribution in [0.1, 0.15) is 29.6 Å². The van der Waals surface area contributed by atoms with Gasteiger partial charge in [0.25, 0.3) is 5.91 Å². The maximum Gasteiger partial charge on any atom is 0.253 e. The number of thioether (sulfide) groups is 1. The summed E-state index contributed by atoms with van der Waals surface area (Å²) in [6.07, 6.45) is 4.48. The minimum atomic E-state index is 0.0938. The van der Waals surface area contributed by atoms with Crippen LogP contribution < -0.4 is 5.32 Å². The first kappa shape index (κ1) is 14.4. The van der Waals surface area contributed by atoms with Gasteiger partial charge in [-0.25, -0.2) is 0 Å². The molecule has 2 fully saturated rings. The van der Waals surface area contributed by atoms with Gasteiger partial charge < -0.3 is 10.2 Å². The average molecular weight is 304 g/mol. The molecule has 1 aromatic carbocycles. The van der Waals surface area contributed by atoms with Gasteiger partial charge in [0.15, 0.2) is 0 Å². The third-order valence-electron chi connectivity index (χ3n) is 4.64. The first-order chi connectivity index (χ1) is 10.1. The molecule has 2 saturated heterocycles. The Hall–Kier alpha value is -1.49. The zero-order valence-electron chi connectivity index (χ0n) is 12.2. The van der Waals surface area contributed by atoms with Crippen molar-refractivity contribution in [3.8, 4) is 0 Å². The monoisotopic (exact) mass is 304 g/mol. The number of hydrogen-bond donors (Lipinski definition) is 1. The summed E-state index contributed by atoms with van der Waals surface area (Å²) in [5.41, 5.74) is 0.848. The first-order valence-corrected chi connectivity index (χ1v) is 8.54. The van der Waals surface area contributed by atoms with Gasteiger partial charge in [-0.15, -0.1) is 11.8 Å². The van der Waals surface area contributed by atoms with Crippen molar-refractivity contribution in [3.05, 3.63) is 29.8 Å². The smallest absolute Gasteiger partial charge is 0.253 e. The largest absolute Gasteiger partial charge is 0.356 e. The average Bonchev–Trinajstić information content (AvgIpc) is 2.88. The molecule has 1 spiro atoms. The molecule has 0 aliphatic carbocycles. The first-order valence-electron chi connectivity index (χ1n) is 7.32. The van der Waals surface area contributed by atoms with Crippen molar-refractivity contribution in [3.63, 3.8) is 0 Å². The minimum absolute atomic E-state index is 0.0938. The summed E-state index contributed by atoms with van der Waals surface area (Å²) >= 11 is 1.67. The standard InChI is InChI=1S/C16H20N2O2S/c1-21-13-4-2-12(3-5-13)15(20)18-8-6-16(7-9-18)10-14(19)17-11-16/h2-5H,6-11H2,1H3,(H,17,19). The van der Waals surface area contributed by atoms with E-state index in [1.807, 2.05) is 35.4 Å². The highest BCUT2D eigenvalue weighted by Crippen LogP contribution is 2.37.